The molecule has 108 heavy (non-hydrogen) atoms. The van der Waals surface area contributed by atoms with Gasteiger partial charge in [-0.2, -0.15) is 0 Å². The highest BCUT2D eigenvalue weighted by Gasteiger charge is 2.28. The van der Waals surface area contributed by atoms with Gasteiger partial charge in [0, 0.05) is 0 Å². The summed E-state index contributed by atoms with van der Waals surface area (Å²) in [6, 6.07) is 151. The Kier molecular flexibility index (Phi) is 14.1. The minimum Gasteiger partial charge on any atom is -0.0622 e. The van der Waals surface area contributed by atoms with Crippen LogP contribution in [0.4, 0.5) is 0 Å². The molecule has 0 fully saturated rings. The zero-order valence-electron chi connectivity index (χ0n) is 59.1. The van der Waals surface area contributed by atoms with Crippen molar-refractivity contribution in [2.45, 2.75) is 0 Å². The molecule has 22 rings (SSSR count). The predicted molar refractivity (Wildman–Crippen MR) is 463 cm³/mol. The van der Waals surface area contributed by atoms with Crippen molar-refractivity contribution >= 4 is 97.0 Å². The van der Waals surface area contributed by atoms with E-state index in [4.69, 9.17) is 0 Å². The maximum absolute atomic E-state index is 2.55. The van der Waals surface area contributed by atoms with Crippen LogP contribution in [0, 0.1) is 0 Å². The average molecular weight is 1360 g/mol. The van der Waals surface area contributed by atoms with Crippen LogP contribution >= 0.6 is 0 Å². The minimum absolute atomic E-state index is 1.14. The normalized spacial score (nSPS) is 11.9. The van der Waals surface area contributed by atoms with Crippen LogP contribution in [0.2, 0.25) is 0 Å². The largest absolute Gasteiger partial charge is 0.0622 e. The molecular formula is C108H66. The molecule has 0 aliphatic rings. The maximum Gasteiger partial charge on any atom is -0.00139 e. The summed E-state index contributed by atoms with van der Waals surface area (Å²) in [5.41, 5.74) is 28.5. The Morgan fingerprint density at radius 3 is 0.296 bits per heavy atom. The lowest BCUT2D eigenvalue weighted by Crippen LogP contribution is -1.97. The van der Waals surface area contributed by atoms with Crippen LogP contribution in [-0.4, -0.2) is 0 Å². The highest BCUT2D eigenvalue weighted by molar-refractivity contribution is 6.36. The molecule has 0 spiro atoms. The SMILES string of the molecule is c1ccc(-c2cc(-c3ccccc3)c3ccc4c(-c5cc(-c6cc(-c7ccccc7)c7ccc8c(-c9ccccc9)cc(-c9ccccc9)c9ccc6c7c89)cc(-c6cc(-c7ccccc7)c7ccc8c(-c9ccccc9)cc(-c9ccccc9)c9ccc6c7c89)c5)cc(-c5ccccc5)c5ccc2c3c54)cc1. The van der Waals surface area contributed by atoms with E-state index in [1.54, 1.807) is 0 Å². The van der Waals surface area contributed by atoms with Crippen molar-refractivity contribution in [3.8, 4) is 134 Å². The Hall–Kier alpha value is -14.0. The number of hydrogen-bond acceptors (Lipinski definition) is 0. The summed E-state index contributed by atoms with van der Waals surface area (Å²) in [6.45, 7) is 0. The van der Waals surface area contributed by atoms with Gasteiger partial charge in [-0.25, -0.2) is 0 Å². The molecule has 0 nitrogen and oxygen atoms in total. The van der Waals surface area contributed by atoms with Crippen molar-refractivity contribution in [3.05, 3.63) is 400 Å². The van der Waals surface area contributed by atoms with Gasteiger partial charge in [0.25, 0.3) is 0 Å². The topological polar surface area (TPSA) is 0 Å². The first kappa shape index (κ1) is 61.4. The summed E-state index contributed by atoms with van der Waals surface area (Å²) in [5, 5.41) is 22.3. The van der Waals surface area contributed by atoms with Crippen LogP contribution in [-0.2, 0) is 0 Å². The van der Waals surface area contributed by atoms with Gasteiger partial charge in [-0.1, -0.05) is 346 Å². The van der Waals surface area contributed by atoms with E-state index in [0.717, 1.165) is 16.7 Å². The molecule has 0 aliphatic heterocycles. The Bertz CT molecular complexity index is 6350. The minimum atomic E-state index is 1.14. The van der Waals surface area contributed by atoms with Gasteiger partial charge in [0.2, 0.25) is 0 Å². The second-order valence-electron chi connectivity index (χ2n) is 29.1. The third kappa shape index (κ3) is 9.71. The number of benzene rings is 22. The quantitative estimate of drug-likeness (QED) is 0.107. The van der Waals surface area contributed by atoms with Crippen LogP contribution < -0.4 is 0 Å². The molecule has 0 aromatic heterocycles. The van der Waals surface area contributed by atoms with Gasteiger partial charge in [0.1, 0.15) is 0 Å². The fourth-order valence-corrected chi connectivity index (χ4v) is 18.5. The van der Waals surface area contributed by atoms with Gasteiger partial charge in [-0.3, -0.25) is 0 Å². The zero-order valence-corrected chi connectivity index (χ0v) is 59.1. The van der Waals surface area contributed by atoms with Gasteiger partial charge in [-0.15, -0.1) is 0 Å². The highest BCUT2D eigenvalue weighted by Crippen LogP contribution is 2.55. The third-order valence-electron chi connectivity index (χ3n) is 23.3. The lowest BCUT2D eigenvalue weighted by molar-refractivity contribution is 1.59. The first-order valence-electron chi connectivity index (χ1n) is 37.6. The molecular weight excluding hydrogens is 1300 g/mol. The Labute approximate surface area is 626 Å². The smallest absolute Gasteiger partial charge is 0.00139 e. The first-order valence-corrected chi connectivity index (χ1v) is 37.6. The van der Waals surface area contributed by atoms with Crippen molar-refractivity contribution in [2.75, 3.05) is 0 Å². The molecule has 498 valence electrons. The van der Waals surface area contributed by atoms with E-state index in [2.05, 4.69) is 400 Å². The van der Waals surface area contributed by atoms with Gasteiger partial charge in [0.05, 0.1) is 0 Å². The van der Waals surface area contributed by atoms with E-state index in [0.29, 0.717) is 0 Å². The van der Waals surface area contributed by atoms with Crippen LogP contribution in [0.15, 0.2) is 400 Å². The summed E-state index contributed by atoms with van der Waals surface area (Å²) in [7, 11) is 0. The van der Waals surface area contributed by atoms with Gasteiger partial charge >= 0.3 is 0 Å². The molecule has 0 amide bonds. The first-order chi connectivity index (χ1) is 53.6. The summed E-state index contributed by atoms with van der Waals surface area (Å²) < 4.78 is 0. The molecule has 0 saturated carbocycles. The maximum atomic E-state index is 2.55. The number of rotatable bonds is 12. The van der Waals surface area contributed by atoms with Crippen LogP contribution in [0.5, 0.6) is 0 Å². The summed E-state index contributed by atoms with van der Waals surface area (Å²) in [4.78, 5) is 0. The van der Waals surface area contributed by atoms with E-state index >= 15 is 0 Å². The standard InChI is InChI=1S/C108H66/c1-10-28-67(29-11-1)91-61-94(70-34-16-4-17-35-70)82-52-55-88-100(64-97(73-40-22-7-23-41-73)85-49-46-79(91)103(82)106(85)88)76-58-77(101-65-98(74-42-24-8-25-43-74)86-50-47-80-92(68-30-12-2-13-31-68)62-95(71-36-18-5-19-37-71)83-53-56-89(101)107(86)104(80)83)60-78(59-76)102-66-99(75-44-26-9-27-45-75)87-51-48-81-93(69-32-14-3-15-33-69)63-96(72-38-20-6-21-39-72)84-54-57-90(102)108(87)105(81)84/h1-66H. The third-order valence-corrected chi connectivity index (χ3v) is 23.3. The Morgan fingerprint density at radius 1 is 0.0833 bits per heavy atom. The Balaban J connectivity index is 0.910. The molecule has 0 unspecified atom stereocenters. The molecule has 0 radical (unpaired) electrons. The molecule has 0 aliphatic carbocycles. The summed E-state index contributed by atoms with van der Waals surface area (Å²) in [6.07, 6.45) is 0. The Morgan fingerprint density at radius 2 is 0.185 bits per heavy atom. The van der Waals surface area contributed by atoms with Gasteiger partial charge in [0.15, 0.2) is 0 Å². The van der Waals surface area contributed by atoms with Crippen LogP contribution in [0.1, 0.15) is 0 Å². The van der Waals surface area contributed by atoms with Crippen molar-refractivity contribution in [1.82, 2.24) is 0 Å². The molecule has 22 aromatic rings. The van der Waals surface area contributed by atoms with Crippen molar-refractivity contribution < 1.29 is 0 Å². The monoisotopic (exact) mass is 1360 g/mol. The summed E-state index contributed by atoms with van der Waals surface area (Å²) in [5.74, 6) is 0. The fourth-order valence-electron chi connectivity index (χ4n) is 18.5. The van der Waals surface area contributed by atoms with Crippen LogP contribution in [0.25, 0.3) is 230 Å². The second-order valence-corrected chi connectivity index (χ2v) is 29.1. The molecule has 0 heterocycles. The molecule has 0 saturated heterocycles. The molecule has 0 N–H and O–H groups in total. The van der Waals surface area contributed by atoms with Crippen LogP contribution in [0.3, 0.4) is 0 Å². The van der Waals surface area contributed by atoms with Crippen molar-refractivity contribution in [1.29, 1.82) is 0 Å². The van der Waals surface area contributed by atoms with Gasteiger partial charge < -0.3 is 0 Å². The zero-order chi connectivity index (χ0) is 70.9. The fraction of sp³-hybridized carbons (Fsp3) is 0. The molecule has 22 aromatic carbocycles. The lowest BCUT2D eigenvalue weighted by Gasteiger charge is -2.24. The average Bonchev–Trinajstić information content (AvgIpc) is 0.715. The predicted octanol–water partition coefficient (Wildman–Crippen LogP) is 30.4. The van der Waals surface area contributed by atoms with E-state index in [1.165, 1.54) is 214 Å². The van der Waals surface area contributed by atoms with E-state index < -0.39 is 0 Å². The molecule has 0 heteroatoms. The van der Waals surface area contributed by atoms with Crippen molar-refractivity contribution in [2.24, 2.45) is 0 Å². The van der Waals surface area contributed by atoms with E-state index in [9.17, 15) is 0 Å². The van der Waals surface area contributed by atoms with Crippen molar-refractivity contribution in [3.63, 3.8) is 0 Å². The lowest BCUT2D eigenvalue weighted by atomic mass is 9.79. The molecule has 0 atom stereocenters. The summed E-state index contributed by atoms with van der Waals surface area (Å²) >= 11 is 0. The van der Waals surface area contributed by atoms with E-state index in [-0.39, 0.29) is 0 Å². The second kappa shape index (κ2) is 24.8. The molecule has 0 bridgehead atoms. The van der Waals surface area contributed by atoms with Gasteiger partial charge in [-0.05, 0) is 285 Å². The number of hydrogen-bond donors (Lipinski definition) is 0. The van der Waals surface area contributed by atoms with E-state index in [1.807, 2.05) is 0 Å². The highest BCUT2D eigenvalue weighted by atomic mass is 14.3.